The lowest BCUT2D eigenvalue weighted by atomic mass is 10.0. The van der Waals surface area contributed by atoms with Crippen molar-refractivity contribution in [2.75, 3.05) is 13.2 Å². The molecule has 6 heteroatoms. The van der Waals surface area contributed by atoms with Crippen LogP contribution < -0.4 is 0 Å². The van der Waals surface area contributed by atoms with E-state index in [2.05, 4.69) is 154 Å². The zero-order chi connectivity index (χ0) is 57.1. The first-order chi connectivity index (χ1) is 39.0. The monoisotopic (exact) mass is 1090 g/mol. The molecule has 0 rings (SSSR count). The van der Waals surface area contributed by atoms with Crippen LogP contribution in [-0.4, -0.2) is 37.2 Å². The molecule has 0 aliphatic carbocycles. The third-order valence-corrected chi connectivity index (χ3v) is 13.7. The van der Waals surface area contributed by atoms with Gasteiger partial charge in [0.2, 0.25) is 0 Å². The summed E-state index contributed by atoms with van der Waals surface area (Å²) in [6, 6.07) is 0. The highest BCUT2D eigenvalue weighted by Crippen LogP contribution is 2.16. The third-order valence-electron chi connectivity index (χ3n) is 13.7. The lowest BCUT2D eigenvalue weighted by Crippen LogP contribution is -2.30. The van der Waals surface area contributed by atoms with Gasteiger partial charge in [0.15, 0.2) is 6.10 Å². The molecule has 6 nitrogen and oxygen atoms in total. The van der Waals surface area contributed by atoms with Crippen LogP contribution in [0.25, 0.3) is 0 Å². The van der Waals surface area contributed by atoms with Gasteiger partial charge in [0, 0.05) is 19.3 Å². The molecule has 0 aromatic carbocycles. The van der Waals surface area contributed by atoms with Crippen molar-refractivity contribution in [3.63, 3.8) is 0 Å². The Bertz CT molecular complexity index is 1680. The Morgan fingerprint density at radius 1 is 0.266 bits per heavy atom. The molecule has 448 valence electrons. The van der Waals surface area contributed by atoms with E-state index in [4.69, 9.17) is 14.2 Å². The van der Waals surface area contributed by atoms with Gasteiger partial charge in [-0.2, -0.15) is 0 Å². The highest BCUT2D eigenvalue weighted by Gasteiger charge is 2.19. The molecule has 0 saturated heterocycles. The second-order valence-corrected chi connectivity index (χ2v) is 21.3. The molecular weight excluding hydrogens is 973 g/mol. The summed E-state index contributed by atoms with van der Waals surface area (Å²) in [5, 5.41) is 0. The molecule has 0 aliphatic rings. The maximum atomic E-state index is 12.9. The van der Waals surface area contributed by atoms with Crippen LogP contribution in [0.15, 0.2) is 134 Å². The number of esters is 3. The Labute approximate surface area is 487 Å². The third kappa shape index (κ3) is 64.3. The first-order valence-electron chi connectivity index (χ1n) is 32.7. The highest BCUT2D eigenvalue weighted by atomic mass is 16.6. The Morgan fingerprint density at radius 3 is 0.810 bits per heavy atom. The molecule has 1 atom stereocenters. The fourth-order valence-corrected chi connectivity index (χ4v) is 8.84. The molecule has 0 bridgehead atoms. The SMILES string of the molecule is CC/C=C\C/C=C\C/C=C\C/C=C\C/C=C\C/C=C\CCCCCCCCCCCCC(=O)OCC(COC(=O)CCCCCCCCCCCCCCCCC)OC(=O)CCC/C=C\C/C=C\C/C=C\C/C=C\C/C=C\CC. The van der Waals surface area contributed by atoms with Crippen molar-refractivity contribution in [2.24, 2.45) is 0 Å². The van der Waals surface area contributed by atoms with Crippen molar-refractivity contribution >= 4 is 17.9 Å². The zero-order valence-electron chi connectivity index (χ0n) is 51.3. The molecule has 0 N–H and O–H groups in total. The van der Waals surface area contributed by atoms with Crippen molar-refractivity contribution in [3.8, 4) is 0 Å². The van der Waals surface area contributed by atoms with E-state index in [1.54, 1.807) is 0 Å². The van der Waals surface area contributed by atoms with Gasteiger partial charge in [0.1, 0.15) is 13.2 Å². The maximum absolute atomic E-state index is 12.9. The predicted molar refractivity (Wildman–Crippen MR) is 343 cm³/mol. The van der Waals surface area contributed by atoms with E-state index in [-0.39, 0.29) is 37.5 Å². The van der Waals surface area contributed by atoms with Crippen LogP contribution in [-0.2, 0) is 28.6 Å². The second-order valence-electron chi connectivity index (χ2n) is 21.3. The molecule has 0 heterocycles. The fraction of sp³-hybridized carbons (Fsp3) is 0.658. The molecular formula is C73H120O6. The number of hydrogen-bond donors (Lipinski definition) is 0. The summed E-state index contributed by atoms with van der Waals surface area (Å²) in [5.74, 6) is -0.960. The van der Waals surface area contributed by atoms with Crippen LogP contribution in [0.2, 0.25) is 0 Å². The number of unbranched alkanes of at least 4 members (excludes halogenated alkanes) is 25. The highest BCUT2D eigenvalue weighted by molar-refractivity contribution is 5.71. The minimum Gasteiger partial charge on any atom is -0.462 e. The molecule has 0 fully saturated rings. The Morgan fingerprint density at radius 2 is 0.506 bits per heavy atom. The van der Waals surface area contributed by atoms with Crippen molar-refractivity contribution < 1.29 is 28.6 Å². The summed E-state index contributed by atoms with van der Waals surface area (Å²) in [6.07, 6.45) is 93.2. The summed E-state index contributed by atoms with van der Waals surface area (Å²) in [5.41, 5.74) is 0. The Hall–Kier alpha value is -4.45. The average Bonchev–Trinajstić information content (AvgIpc) is 3.45. The first kappa shape index (κ1) is 74.5. The molecule has 0 aliphatic heterocycles. The number of carbonyl (C=O) groups is 3. The predicted octanol–water partition coefficient (Wildman–Crippen LogP) is 22.5. The molecule has 79 heavy (non-hydrogen) atoms. The van der Waals surface area contributed by atoms with Crippen LogP contribution in [0.4, 0.5) is 0 Å². The molecule has 1 unspecified atom stereocenters. The van der Waals surface area contributed by atoms with Gasteiger partial charge in [-0.15, -0.1) is 0 Å². The number of rotatable bonds is 58. The van der Waals surface area contributed by atoms with E-state index in [9.17, 15) is 14.4 Å². The van der Waals surface area contributed by atoms with Gasteiger partial charge in [0.05, 0.1) is 0 Å². The largest absolute Gasteiger partial charge is 0.462 e. The molecule has 0 radical (unpaired) electrons. The van der Waals surface area contributed by atoms with Crippen molar-refractivity contribution in [3.05, 3.63) is 134 Å². The van der Waals surface area contributed by atoms with Gasteiger partial charge < -0.3 is 14.2 Å². The minimum atomic E-state index is -0.813. The maximum Gasteiger partial charge on any atom is 0.306 e. The number of allylic oxidation sites excluding steroid dienone is 22. The second kappa shape index (κ2) is 66.1. The normalized spacial score (nSPS) is 13.0. The average molecular weight is 1090 g/mol. The van der Waals surface area contributed by atoms with E-state index in [0.29, 0.717) is 19.3 Å². The van der Waals surface area contributed by atoms with Gasteiger partial charge >= 0.3 is 17.9 Å². The molecule has 0 amide bonds. The summed E-state index contributed by atoms with van der Waals surface area (Å²) in [7, 11) is 0. The van der Waals surface area contributed by atoms with E-state index >= 15 is 0 Å². The Kier molecular flexibility index (Phi) is 62.3. The zero-order valence-corrected chi connectivity index (χ0v) is 51.3. The van der Waals surface area contributed by atoms with Gasteiger partial charge in [-0.3, -0.25) is 14.4 Å². The van der Waals surface area contributed by atoms with Gasteiger partial charge in [-0.25, -0.2) is 0 Å². The van der Waals surface area contributed by atoms with Crippen LogP contribution in [0, 0.1) is 0 Å². The standard InChI is InChI=1S/C73H120O6/c1-4-7-10-13-16-19-22-25-28-30-31-32-33-34-35-36-37-38-39-40-41-43-45-48-51-54-57-60-63-66-72(75)78-69-70(68-77-71(74)65-62-59-56-53-50-47-44-27-24-21-18-15-12-9-6-3)79-73(76)67-64-61-58-55-52-49-46-42-29-26-23-20-17-14-11-8-5-2/h7-8,10-11,16-17,19-20,25-26,28-29,31-32,34-35,37-38,46,49,55,58,70H,4-6,9,12-15,18,21-24,27,30,33,36,39-45,47-48,50-54,56-57,59-69H2,1-3H3/b10-7-,11-8-,19-16-,20-17-,28-25-,29-26-,32-31-,35-34-,38-37-,49-46-,58-55-. The number of carbonyl (C=O) groups excluding carboxylic acids is 3. The van der Waals surface area contributed by atoms with E-state index in [1.807, 2.05) is 0 Å². The van der Waals surface area contributed by atoms with Gasteiger partial charge in [-0.1, -0.05) is 296 Å². The summed E-state index contributed by atoms with van der Waals surface area (Å²) >= 11 is 0. The molecule has 0 aromatic rings. The lowest BCUT2D eigenvalue weighted by Gasteiger charge is -2.18. The van der Waals surface area contributed by atoms with E-state index in [0.717, 1.165) is 116 Å². The minimum absolute atomic E-state index is 0.102. The summed E-state index contributed by atoms with van der Waals surface area (Å²) < 4.78 is 16.9. The summed E-state index contributed by atoms with van der Waals surface area (Å²) in [6.45, 7) is 6.38. The molecule has 0 spiro atoms. The Balaban J connectivity index is 4.38. The molecule has 0 saturated carbocycles. The van der Waals surface area contributed by atoms with E-state index in [1.165, 1.54) is 128 Å². The molecule has 0 aromatic heterocycles. The van der Waals surface area contributed by atoms with Crippen molar-refractivity contribution in [1.82, 2.24) is 0 Å². The van der Waals surface area contributed by atoms with Crippen LogP contribution in [0.5, 0.6) is 0 Å². The smallest absolute Gasteiger partial charge is 0.306 e. The topological polar surface area (TPSA) is 78.9 Å². The first-order valence-corrected chi connectivity index (χ1v) is 32.7. The van der Waals surface area contributed by atoms with Crippen molar-refractivity contribution in [2.45, 2.75) is 297 Å². The number of ether oxygens (including phenoxy) is 3. The van der Waals surface area contributed by atoms with E-state index < -0.39 is 6.10 Å². The van der Waals surface area contributed by atoms with Crippen LogP contribution in [0.3, 0.4) is 0 Å². The van der Waals surface area contributed by atoms with Crippen molar-refractivity contribution in [1.29, 1.82) is 0 Å². The lowest BCUT2D eigenvalue weighted by molar-refractivity contribution is -0.167. The van der Waals surface area contributed by atoms with Gasteiger partial charge in [-0.05, 0) is 109 Å². The van der Waals surface area contributed by atoms with Crippen LogP contribution in [0.1, 0.15) is 290 Å². The quantitative estimate of drug-likeness (QED) is 0.0261. The van der Waals surface area contributed by atoms with Gasteiger partial charge in [0.25, 0.3) is 0 Å². The van der Waals surface area contributed by atoms with Crippen LogP contribution >= 0.6 is 0 Å². The summed E-state index contributed by atoms with van der Waals surface area (Å²) in [4.78, 5) is 38.3. The fourth-order valence-electron chi connectivity index (χ4n) is 8.84. The number of hydrogen-bond acceptors (Lipinski definition) is 6.